The lowest BCUT2D eigenvalue weighted by Gasteiger charge is -2.37. The lowest BCUT2D eigenvalue weighted by atomic mass is 10.1. The quantitative estimate of drug-likeness (QED) is 0.849. The normalized spacial score (nSPS) is 16.5. The third kappa shape index (κ3) is 3.44. The van der Waals surface area contributed by atoms with Crippen LogP contribution in [0.3, 0.4) is 0 Å². The van der Waals surface area contributed by atoms with E-state index in [0.29, 0.717) is 13.1 Å². The zero-order valence-corrected chi connectivity index (χ0v) is 13.2. The van der Waals surface area contributed by atoms with Gasteiger partial charge in [0, 0.05) is 26.2 Å². The summed E-state index contributed by atoms with van der Waals surface area (Å²) < 4.78 is 5.39. The molecule has 1 atom stereocenters. The van der Waals surface area contributed by atoms with Gasteiger partial charge in [-0.2, -0.15) is 0 Å². The van der Waals surface area contributed by atoms with Crippen molar-refractivity contribution in [1.29, 1.82) is 0 Å². The molecule has 1 unspecified atom stereocenters. The van der Waals surface area contributed by atoms with Crippen LogP contribution in [0.4, 0.5) is 5.69 Å². The molecule has 114 valence electrons. The van der Waals surface area contributed by atoms with E-state index in [1.807, 2.05) is 29.2 Å². The summed E-state index contributed by atoms with van der Waals surface area (Å²) in [7, 11) is 1.67. The Labute approximate surface area is 130 Å². The van der Waals surface area contributed by atoms with Gasteiger partial charge in [-0.15, -0.1) is 0 Å². The van der Waals surface area contributed by atoms with E-state index in [0.717, 1.165) is 24.5 Å². The predicted octanol–water partition coefficient (Wildman–Crippen LogP) is 1.27. The number of carbonyl (C=O) groups excluding carboxylic acids is 1. The molecule has 1 aliphatic heterocycles. The fourth-order valence-corrected chi connectivity index (χ4v) is 2.56. The third-order valence-corrected chi connectivity index (χ3v) is 4.17. The first-order valence-electron chi connectivity index (χ1n) is 7.00. The fourth-order valence-electron chi connectivity index (χ4n) is 2.45. The smallest absolute Gasteiger partial charge is 0.232 e. The zero-order chi connectivity index (χ0) is 15.4. The van der Waals surface area contributed by atoms with Crippen LogP contribution in [0, 0.1) is 5.92 Å². The van der Waals surface area contributed by atoms with Crippen molar-refractivity contribution in [3.63, 3.8) is 0 Å². The van der Waals surface area contributed by atoms with Crippen LogP contribution in [-0.4, -0.2) is 49.1 Å². The molecule has 2 rings (SSSR count). The Morgan fingerprint density at radius 2 is 1.90 bits per heavy atom. The van der Waals surface area contributed by atoms with Gasteiger partial charge in [-0.3, -0.25) is 4.79 Å². The number of para-hydroxylation sites is 2. The molecule has 1 fully saturated rings. The van der Waals surface area contributed by atoms with Crippen LogP contribution in [0.25, 0.3) is 0 Å². The number of benzene rings is 1. The monoisotopic (exact) mass is 307 g/mol. The first-order chi connectivity index (χ1) is 10.0. The Morgan fingerprint density at radius 3 is 2.48 bits per heavy atom. The standard InChI is InChI=1S/C15H21N3O2S/c1-11(14(16)21)15(19)18-9-7-17(8-10-18)12-5-3-4-6-13(12)20-2/h3-6,11H,7-10H2,1-2H3,(H2,16,21). The lowest BCUT2D eigenvalue weighted by Crippen LogP contribution is -2.51. The number of hydrogen-bond donors (Lipinski definition) is 1. The van der Waals surface area contributed by atoms with Crippen LogP contribution in [0.5, 0.6) is 5.75 Å². The summed E-state index contributed by atoms with van der Waals surface area (Å²) in [5.41, 5.74) is 6.62. The van der Waals surface area contributed by atoms with E-state index >= 15 is 0 Å². The van der Waals surface area contributed by atoms with Crippen LogP contribution in [-0.2, 0) is 4.79 Å². The van der Waals surface area contributed by atoms with E-state index in [1.54, 1.807) is 14.0 Å². The molecule has 0 spiro atoms. The van der Waals surface area contributed by atoms with Gasteiger partial charge in [-0.25, -0.2) is 0 Å². The molecule has 21 heavy (non-hydrogen) atoms. The highest BCUT2D eigenvalue weighted by Gasteiger charge is 2.26. The van der Waals surface area contributed by atoms with Gasteiger partial charge in [0.05, 0.1) is 23.7 Å². The van der Waals surface area contributed by atoms with E-state index in [1.165, 1.54) is 0 Å². The topological polar surface area (TPSA) is 58.8 Å². The second kappa shape index (κ2) is 6.76. The van der Waals surface area contributed by atoms with E-state index in [4.69, 9.17) is 22.7 Å². The van der Waals surface area contributed by atoms with Gasteiger partial charge >= 0.3 is 0 Å². The van der Waals surface area contributed by atoms with Crippen molar-refractivity contribution in [3.8, 4) is 5.75 Å². The van der Waals surface area contributed by atoms with Crippen molar-refractivity contribution < 1.29 is 9.53 Å². The number of nitrogens with two attached hydrogens (primary N) is 1. The Kier molecular flexibility index (Phi) is 5.01. The fraction of sp³-hybridized carbons (Fsp3) is 0.467. The summed E-state index contributed by atoms with van der Waals surface area (Å²) in [6, 6.07) is 7.92. The van der Waals surface area contributed by atoms with Crippen molar-refractivity contribution in [2.45, 2.75) is 6.92 Å². The molecular weight excluding hydrogens is 286 g/mol. The molecule has 0 aromatic heterocycles. The minimum absolute atomic E-state index is 0.0159. The Hall–Kier alpha value is -1.82. The van der Waals surface area contributed by atoms with Gasteiger partial charge in [-0.05, 0) is 19.1 Å². The van der Waals surface area contributed by atoms with E-state index in [2.05, 4.69) is 4.90 Å². The summed E-state index contributed by atoms with van der Waals surface area (Å²) in [6.07, 6.45) is 0. The molecule has 1 heterocycles. The van der Waals surface area contributed by atoms with Crippen LogP contribution in [0.1, 0.15) is 6.92 Å². The van der Waals surface area contributed by atoms with Crippen molar-refractivity contribution >= 4 is 28.8 Å². The minimum atomic E-state index is -0.391. The van der Waals surface area contributed by atoms with Crippen LogP contribution in [0.2, 0.25) is 0 Å². The molecule has 1 aliphatic rings. The van der Waals surface area contributed by atoms with Gasteiger partial charge in [0.1, 0.15) is 5.75 Å². The first-order valence-corrected chi connectivity index (χ1v) is 7.41. The molecule has 0 saturated carbocycles. The molecule has 1 aromatic carbocycles. The maximum absolute atomic E-state index is 12.2. The maximum atomic E-state index is 12.2. The SMILES string of the molecule is COc1ccccc1N1CCN(C(=O)C(C)C(N)=S)CC1. The van der Waals surface area contributed by atoms with Crippen LogP contribution < -0.4 is 15.4 Å². The lowest BCUT2D eigenvalue weighted by molar-refractivity contribution is -0.133. The summed E-state index contributed by atoms with van der Waals surface area (Å²) >= 11 is 4.90. The largest absolute Gasteiger partial charge is 0.495 e. The van der Waals surface area contributed by atoms with Crippen molar-refractivity contribution in [3.05, 3.63) is 24.3 Å². The maximum Gasteiger partial charge on any atom is 0.232 e. The molecule has 5 nitrogen and oxygen atoms in total. The Morgan fingerprint density at radius 1 is 1.29 bits per heavy atom. The van der Waals surface area contributed by atoms with E-state index in [-0.39, 0.29) is 10.9 Å². The second-order valence-electron chi connectivity index (χ2n) is 5.11. The number of amides is 1. The van der Waals surface area contributed by atoms with Gasteiger partial charge in [0.25, 0.3) is 0 Å². The number of nitrogens with zero attached hydrogens (tertiary/aromatic N) is 2. The molecule has 1 aromatic rings. The Balaban J connectivity index is 2.00. The number of ether oxygens (including phenoxy) is 1. The number of anilines is 1. The van der Waals surface area contributed by atoms with Gasteiger partial charge in [0.15, 0.2) is 0 Å². The molecule has 6 heteroatoms. The molecule has 1 saturated heterocycles. The minimum Gasteiger partial charge on any atom is -0.495 e. The van der Waals surface area contributed by atoms with Crippen LogP contribution in [0.15, 0.2) is 24.3 Å². The number of methoxy groups -OCH3 is 1. The highest BCUT2D eigenvalue weighted by atomic mass is 32.1. The summed E-state index contributed by atoms with van der Waals surface area (Å²) in [5.74, 6) is 0.480. The van der Waals surface area contributed by atoms with Crippen molar-refractivity contribution in [1.82, 2.24) is 4.90 Å². The highest BCUT2D eigenvalue weighted by Crippen LogP contribution is 2.28. The van der Waals surface area contributed by atoms with Crippen molar-refractivity contribution in [2.75, 3.05) is 38.2 Å². The number of thiocarbonyl (C=S) groups is 1. The predicted molar refractivity (Wildman–Crippen MR) is 87.7 cm³/mol. The third-order valence-electron chi connectivity index (χ3n) is 3.81. The molecule has 1 amide bonds. The molecule has 2 N–H and O–H groups in total. The molecular formula is C15H21N3O2S. The number of hydrogen-bond acceptors (Lipinski definition) is 4. The van der Waals surface area contributed by atoms with Gasteiger partial charge in [0.2, 0.25) is 5.91 Å². The van der Waals surface area contributed by atoms with Crippen molar-refractivity contribution in [2.24, 2.45) is 11.7 Å². The summed E-state index contributed by atoms with van der Waals surface area (Å²) in [4.78, 5) is 16.5. The molecule has 0 bridgehead atoms. The zero-order valence-electron chi connectivity index (χ0n) is 12.4. The molecule has 0 radical (unpaired) electrons. The number of carbonyl (C=O) groups is 1. The summed E-state index contributed by atoms with van der Waals surface area (Å²) in [5, 5.41) is 0. The first kappa shape index (κ1) is 15.6. The van der Waals surface area contributed by atoms with Gasteiger partial charge in [-0.1, -0.05) is 24.4 Å². The van der Waals surface area contributed by atoms with Gasteiger partial charge < -0.3 is 20.3 Å². The average molecular weight is 307 g/mol. The average Bonchev–Trinajstić information content (AvgIpc) is 2.53. The van der Waals surface area contributed by atoms with E-state index < -0.39 is 5.92 Å². The highest BCUT2D eigenvalue weighted by molar-refractivity contribution is 7.80. The molecule has 0 aliphatic carbocycles. The Bertz CT molecular complexity index is 527. The number of rotatable bonds is 4. The summed E-state index contributed by atoms with van der Waals surface area (Å²) in [6.45, 7) is 4.65. The number of piperazine rings is 1. The second-order valence-corrected chi connectivity index (χ2v) is 5.58. The van der Waals surface area contributed by atoms with E-state index in [9.17, 15) is 4.79 Å². The van der Waals surface area contributed by atoms with Crippen LogP contribution >= 0.6 is 12.2 Å².